The Bertz CT molecular complexity index is 377. The number of aliphatic imine (C=N–C) groups is 1. The van der Waals surface area contributed by atoms with Crippen LogP contribution in [0.5, 0.6) is 0 Å². The molecule has 2 nitrogen and oxygen atoms in total. The van der Waals surface area contributed by atoms with Gasteiger partial charge in [-0.15, -0.1) is 0 Å². The number of rotatable bonds is 4. The van der Waals surface area contributed by atoms with Crippen LogP contribution in [-0.2, 0) is 0 Å². The Kier molecular flexibility index (Phi) is 4.80. The smallest absolute Gasteiger partial charge is 0.0968 e. The Morgan fingerprint density at radius 2 is 1.89 bits per heavy atom. The molecule has 0 saturated heterocycles. The third kappa shape index (κ3) is 3.59. The summed E-state index contributed by atoms with van der Waals surface area (Å²) in [6.07, 6.45) is 6.46. The molecule has 0 bridgehead atoms. The molecule has 0 heterocycles. The van der Waals surface area contributed by atoms with Gasteiger partial charge in [0.2, 0.25) is 0 Å². The van der Waals surface area contributed by atoms with Crippen molar-refractivity contribution in [2.75, 3.05) is 6.54 Å². The van der Waals surface area contributed by atoms with E-state index in [2.05, 4.69) is 42.2 Å². The van der Waals surface area contributed by atoms with Gasteiger partial charge in [0, 0.05) is 18.4 Å². The first-order valence-electron chi connectivity index (χ1n) is 7.12. The van der Waals surface area contributed by atoms with Crippen molar-refractivity contribution in [2.24, 2.45) is 16.6 Å². The predicted molar refractivity (Wildman–Crippen MR) is 77.9 cm³/mol. The summed E-state index contributed by atoms with van der Waals surface area (Å²) >= 11 is 0. The quantitative estimate of drug-likeness (QED) is 0.636. The fourth-order valence-corrected chi connectivity index (χ4v) is 2.66. The number of nitrogens with two attached hydrogens (primary N) is 1. The minimum Gasteiger partial charge on any atom is -0.387 e. The van der Waals surface area contributed by atoms with Crippen LogP contribution >= 0.6 is 0 Å². The molecule has 1 saturated carbocycles. The van der Waals surface area contributed by atoms with Crippen molar-refractivity contribution in [2.45, 2.75) is 44.9 Å². The Balaban J connectivity index is 1.89. The second kappa shape index (κ2) is 6.58. The van der Waals surface area contributed by atoms with E-state index in [1.807, 2.05) is 0 Å². The van der Waals surface area contributed by atoms with E-state index < -0.39 is 0 Å². The van der Waals surface area contributed by atoms with E-state index in [9.17, 15) is 0 Å². The van der Waals surface area contributed by atoms with Crippen LogP contribution in [0.25, 0.3) is 0 Å². The molecule has 98 valence electrons. The Morgan fingerprint density at radius 1 is 1.22 bits per heavy atom. The molecule has 0 amide bonds. The van der Waals surface area contributed by atoms with Crippen LogP contribution < -0.4 is 5.73 Å². The van der Waals surface area contributed by atoms with Crippen molar-refractivity contribution >= 4 is 5.84 Å². The van der Waals surface area contributed by atoms with Crippen molar-refractivity contribution in [3.63, 3.8) is 0 Å². The van der Waals surface area contributed by atoms with E-state index in [1.165, 1.54) is 37.7 Å². The molecule has 2 heteroatoms. The largest absolute Gasteiger partial charge is 0.387 e. The predicted octanol–water partition coefficient (Wildman–Crippen LogP) is 3.73. The van der Waals surface area contributed by atoms with Gasteiger partial charge in [0.25, 0.3) is 0 Å². The molecular formula is C16H24N2. The van der Waals surface area contributed by atoms with Crippen LogP contribution in [0, 0.1) is 5.92 Å². The van der Waals surface area contributed by atoms with Crippen LogP contribution in [0.2, 0.25) is 0 Å². The molecule has 0 aromatic heterocycles. The molecule has 1 unspecified atom stereocenters. The van der Waals surface area contributed by atoms with Crippen molar-refractivity contribution in [1.29, 1.82) is 0 Å². The molecule has 1 atom stereocenters. The summed E-state index contributed by atoms with van der Waals surface area (Å²) in [5, 5.41) is 0. The Labute approximate surface area is 110 Å². The van der Waals surface area contributed by atoms with Crippen LogP contribution in [0.3, 0.4) is 0 Å². The third-order valence-electron chi connectivity index (χ3n) is 3.94. The molecule has 1 aliphatic rings. The van der Waals surface area contributed by atoms with E-state index in [4.69, 9.17) is 5.73 Å². The lowest BCUT2D eigenvalue weighted by atomic mass is 9.88. The van der Waals surface area contributed by atoms with Gasteiger partial charge in [-0.25, -0.2) is 0 Å². The van der Waals surface area contributed by atoms with E-state index in [1.54, 1.807) is 0 Å². The zero-order chi connectivity index (χ0) is 12.8. The van der Waals surface area contributed by atoms with E-state index in [0.29, 0.717) is 11.8 Å². The zero-order valence-electron chi connectivity index (χ0n) is 11.3. The Hall–Kier alpha value is -1.31. The fourth-order valence-electron chi connectivity index (χ4n) is 2.66. The molecule has 2 rings (SSSR count). The van der Waals surface area contributed by atoms with Gasteiger partial charge in [0.05, 0.1) is 5.84 Å². The lowest BCUT2D eigenvalue weighted by Gasteiger charge is -2.21. The van der Waals surface area contributed by atoms with Crippen molar-refractivity contribution in [3.05, 3.63) is 35.9 Å². The average Bonchev–Trinajstić information content (AvgIpc) is 2.46. The summed E-state index contributed by atoms with van der Waals surface area (Å²) < 4.78 is 0. The number of nitrogens with zero attached hydrogens (tertiary/aromatic N) is 1. The molecule has 1 aliphatic carbocycles. The maximum absolute atomic E-state index is 6.12. The molecule has 2 N–H and O–H groups in total. The van der Waals surface area contributed by atoms with Crippen molar-refractivity contribution in [3.8, 4) is 0 Å². The van der Waals surface area contributed by atoms with Gasteiger partial charge in [0.15, 0.2) is 0 Å². The number of benzene rings is 1. The third-order valence-corrected chi connectivity index (χ3v) is 3.94. The van der Waals surface area contributed by atoms with Gasteiger partial charge >= 0.3 is 0 Å². The molecule has 1 aromatic rings. The highest BCUT2D eigenvalue weighted by Gasteiger charge is 2.16. The summed E-state index contributed by atoms with van der Waals surface area (Å²) in [7, 11) is 0. The zero-order valence-corrected chi connectivity index (χ0v) is 11.3. The number of hydrogen-bond acceptors (Lipinski definition) is 1. The highest BCUT2D eigenvalue weighted by atomic mass is 14.9. The molecule has 1 aromatic carbocycles. The fraction of sp³-hybridized carbons (Fsp3) is 0.562. The van der Waals surface area contributed by atoms with Crippen LogP contribution in [0.1, 0.15) is 50.5 Å². The minimum atomic E-state index is 0.452. The topological polar surface area (TPSA) is 38.4 Å². The SMILES string of the molecule is CC(CN=C(N)C1CCCCC1)c1ccccc1. The first-order chi connectivity index (χ1) is 8.77. The standard InChI is InChI=1S/C16H24N2/c1-13(14-8-4-2-5-9-14)12-18-16(17)15-10-6-3-7-11-15/h2,4-5,8-9,13,15H,3,6-7,10-12H2,1H3,(H2,17,18). The van der Waals surface area contributed by atoms with Gasteiger partial charge in [-0.3, -0.25) is 4.99 Å². The second-order valence-corrected chi connectivity index (χ2v) is 5.41. The lowest BCUT2D eigenvalue weighted by Crippen LogP contribution is -2.26. The normalized spacial score (nSPS) is 19.7. The molecule has 0 aliphatic heterocycles. The van der Waals surface area contributed by atoms with Crippen LogP contribution in [0.15, 0.2) is 35.3 Å². The summed E-state index contributed by atoms with van der Waals surface area (Å²) in [5.74, 6) is 1.88. The monoisotopic (exact) mass is 244 g/mol. The molecule has 0 spiro atoms. The molecule has 1 fully saturated rings. The summed E-state index contributed by atoms with van der Waals surface area (Å²) in [6.45, 7) is 3.03. The minimum absolute atomic E-state index is 0.452. The van der Waals surface area contributed by atoms with Crippen molar-refractivity contribution < 1.29 is 0 Å². The van der Waals surface area contributed by atoms with E-state index in [0.717, 1.165) is 12.4 Å². The average molecular weight is 244 g/mol. The molecular weight excluding hydrogens is 220 g/mol. The molecule has 0 radical (unpaired) electrons. The van der Waals surface area contributed by atoms with Gasteiger partial charge < -0.3 is 5.73 Å². The highest BCUT2D eigenvalue weighted by Crippen LogP contribution is 2.24. The maximum Gasteiger partial charge on any atom is 0.0968 e. The summed E-state index contributed by atoms with van der Waals surface area (Å²) in [4.78, 5) is 4.62. The highest BCUT2D eigenvalue weighted by molar-refractivity contribution is 5.82. The van der Waals surface area contributed by atoms with E-state index >= 15 is 0 Å². The molecule has 18 heavy (non-hydrogen) atoms. The van der Waals surface area contributed by atoms with Crippen LogP contribution in [-0.4, -0.2) is 12.4 Å². The van der Waals surface area contributed by atoms with Gasteiger partial charge in [0.1, 0.15) is 0 Å². The summed E-state index contributed by atoms with van der Waals surface area (Å²) in [6, 6.07) is 10.5. The number of amidine groups is 1. The lowest BCUT2D eigenvalue weighted by molar-refractivity contribution is 0.436. The first-order valence-corrected chi connectivity index (χ1v) is 7.12. The number of hydrogen-bond donors (Lipinski definition) is 1. The van der Waals surface area contributed by atoms with Gasteiger partial charge in [-0.1, -0.05) is 56.5 Å². The van der Waals surface area contributed by atoms with Crippen molar-refractivity contribution in [1.82, 2.24) is 0 Å². The summed E-state index contributed by atoms with van der Waals surface area (Å²) in [5.41, 5.74) is 7.47. The van der Waals surface area contributed by atoms with E-state index in [-0.39, 0.29) is 0 Å². The Morgan fingerprint density at radius 3 is 2.56 bits per heavy atom. The van der Waals surface area contributed by atoms with Gasteiger partial charge in [-0.05, 0) is 18.4 Å². The van der Waals surface area contributed by atoms with Gasteiger partial charge in [-0.2, -0.15) is 0 Å². The first kappa shape index (κ1) is 13.1. The van der Waals surface area contributed by atoms with Crippen LogP contribution in [0.4, 0.5) is 0 Å². The maximum atomic E-state index is 6.12. The second-order valence-electron chi connectivity index (χ2n) is 5.41.